The Balaban J connectivity index is 1.82. The molecule has 110 valence electrons. The van der Waals surface area contributed by atoms with Crippen molar-refractivity contribution in [3.63, 3.8) is 0 Å². The van der Waals surface area contributed by atoms with Crippen LogP contribution in [0.15, 0.2) is 6.33 Å². The first-order chi connectivity index (χ1) is 9.72. The number of nitrogen functional groups attached to an aromatic ring is 1. The number of nitrogens with two attached hydrogens (primary N) is 1. The molecule has 20 heavy (non-hydrogen) atoms. The largest absolute Gasteiger partial charge is 0.461 e. The van der Waals surface area contributed by atoms with Crippen LogP contribution in [-0.4, -0.2) is 46.2 Å². The zero-order chi connectivity index (χ0) is 14.1. The van der Waals surface area contributed by atoms with Crippen molar-refractivity contribution in [3.8, 4) is 0 Å². The third kappa shape index (κ3) is 2.18. The number of fused-ring (bicyclic) bond motifs is 1. The predicted octanol–water partition coefficient (Wildman–Crippen LogP) is 1.44. The van der Waals surface area contributed by atoms with Crippen LogP contribution in [0.2, 0.25) is 0 Å². The molecule has 2 aliphatic rings. The van der Waals surface area contributed by atoms with Gasteiger partial charge in [0, 0.05) is 12.6 Å². The molecule has 2 unspecified atom stereocenters. The fraction of sp³-hybridized carbons (Fsp3) is 0.714. The van der Waals surface area contributed by atoms with Crippen molar-refractivity contribution in [2.75, 3.05) is 25.4 Å². The fourth-order valence-corrected chi connectivity index (χ4v) is 3.54. The highest BCUT2D eigenvalue weighted by Gasteiger charge is 2.37. The van der Waals surface area contributed by atoms with E-state index in [1.807, 2.05) is 4.57 Å². The first-order valence-electron chi connectivity index (χ1n) is 7.45. The van der Waals surface area contributed by atoms with Crippen LogP contribution in [0.4, 0.5) is 5.82 Å². The molecule has 0 amide bonds. The van der Waals surface area contributed by atoms with Gasteiger partial charge in [-0.25, -0.2) is 9.78 Å². The molecule has 2 aliphatic heterocycles. The lowest BCUT2D eigenvalue weighted by Crippen LogP contribution is -2.37. The Kier molecular flexibility index (Phi) is 3.65. The summed E-state index contributed by atoms with van der Waals surface area (Å²) in [6, 6.07) is 0.876. The van der Waals surface area contributed by atoms with Crippen LogP contribution < -0.4 is 5.73 Å². The highest BCUT2D eigenvalue weighted by Crippen LogP contribution is 2.36. The van der Waals surface area contributed by atoms with Gasteiger partial charge in [-0.15, -0.1) is 0 Å². The van der Waals surface area contributed by atoms with Crippen molar-refractivity contribution >= 4 is 11.8 Å². The average molecular weight is 278 g/mol. The first-order valence-corrected chi connectivity index (χ1v) is 7.45. The van der Waals surface area contributed by atoms with Crippen LogP contribution >= 0.6 is 0 Å². The van der Waals surface area contributed by atoms with E-state index in [0.29, 0.717) is 24.5 Å². The molecule has 3 heterocycles. The zero-order valence-corrected chi connectivity index (χ0v) is 11.9. The maximum Gasteiger partial charge on any atom is 0.360 e. The molecule has 0 spiro atoms. The molecule has 0 radical (unpaired) electrons. The molecule has 0 bridgehead atoms. The van der Waals surface area contributed by atoms with Crippen molar-refractivity contribution < 1.29 is 9.53 Å². The smallest absolute Gasteiger partial charge is 0.360 e. The minimum absolute atomic E-state index is 0.251. The number of carbonyl (C=O) groups is 1. The van der Waals surface area contributed by atoms with Crippen molar-refractivity contribution in [3.05, 3.63) is 12.0 Å². The normalized spacial score (nSPS) is 26.4. The van der Waals surface area contributed by atoms with Gasteiger partial charge in [0.15, 0.2) is 5.69 Å². The van der Waals surface area contributed by atoms with Gasteiger partial charge in [-0.05, 0) is 32.7 Å². The van der Waals surface area contributed by atoms with E-state index in [-0.39, 0.29) is 5.69 Å². The molecule has 0 aliphatic carbocycles. The van der Waals surface area contributed by atoms with Gasteiger partial charge in [0.1, 0.15) is 5.82 Å². The molecule has 6 nitrogen and oxygen atoms in total. The van der Waals surface area contributed by atoms with Gasteiger partial charge in [0.2, 0.25) is 0 Å². The van der Waals surface area contributed by atoms with E-state index in [1.54, 1.807) is 13.3 Å². The summed E-state index contributed by atoms with van der Waals surface area (Å²) in [7, 11) is 0. The Morgan fingerprint density at radius 3 is 3.05 bits per heavy atom. The number of anilines is 1. The molecule has 0 aromatic carbocycles. The molecular weight excluding hydrogens is 256 g/mol. The van der Waals surface area contributed by atoms with Crippen molar-refractivity contribution in [1.29, 1.82) is 0 Å². The summed E-state index contributed by atoms with van der Waals surface area (Å²) in [5, 5.41) is 0. The number of piperidine rings is 1. The van der Waals surface area contributed by atoms with Crippen molar-refractivity contribution in [1.82, 2.24) is 14.5 Å². The second-order valence-electron chi connectivity index (χ2n) is 5.56. The minimum Gasteiger partial charge on any atom is -0.461 e. The SMILES string of the molecule is CCOC(=O)c1ncn(C2CCN3CCCCC23)c1N. The van der Waals surface area contributed by atoms with E-state index in [1.165, 1.54) is 25.8 Å². The van der Waals surface area contributed by atoms with Gasteiger partial charge in [-0.2, -0.15) is 0 Å². The maximum absolute atomic E-state index is 11.8. The maximum atomic E-state index is 11.8. The fourth-order valence-electron chi connectivity index (χ4n) is 3.54. The Hall–Kier alpha value is -1.56. The minimum atomic E-state index is -0.428. The van der Waals surface area contributed by atoms with E-state index in [0.717, 1.165) is 13.0 Å². The topological polar surface area (TPSA) is 73.4 Å². The summed E-state index contributed by atoms with van der Waals surface area (Å²) in [5.41, 5.74) is 6.37. The number of rotatable bonds is 3. The molecular formula is C14H22N4O2. The molecule has 1 aromatic heterocycles. The Morgan fingerprint density at radius 1 is 1.40 bits per heavy atom. The number of imidazole rings is 1. The highest BCUT2D eigenvalue weighted by atomic mass is 16.5. The van der Waals surface area contributed by atoms with E-state index < -0.39 is 5.97 Å². The van der Waals surface area contributed by atoms with Gasteiger partial charge in [0.25, 0.3) is 0 Å². The molecule has 6 heteroatoms. The monoisotopic (exact) mass is 278 g/mol. The lowest BCUT2D eigenvalue weighted by atomic mass is 9.99. The van der Waals surface area contributed by atoms with Gasteiger partial charge >= 0.3 is 5.97 Å². The molecule has 2 saturated heterocycles. The number of esters is 1. The number of nitrogens with zero attached hydrogens (tertiary/aromatic N) is 3. The van der Waals surface area contributed by atoms with Gasteiger partial charge in [0.05, 0.1) is 19.0 Å². The summed E-state index contributed by atoms with van der Waals surface area (Å²) in [6.45, 7) is 4.41. The lowest BCUT2D eigenvalue weighted by Gasteiger charge is -2.33. The van der Waals surface area contributed by atoms with Gasteiger partial charge in [-0.1, -0.05) is 6.42 Å². The first kappa shape index (κ1) is 13.4. The number of ether oxygens (including phenoxy) is 1. The molecule has 2 atom stereocenters. The molecule has 1 aromatic rings. The third-order valence-corrected chi connectivity index (χ3v) is 4.48. The van der Waals surface area contributed by atoms with Crippen LogP contribution in [0.5, 0.6) is 0 Å². The number of hydrogen-bond donors (Lipinski definition) is 1. The standard InChI is InChI=1S/C14H22N4O2/c1-2-20-14(19)12-13(15)18(9-16-12)11-6-8-17-7-4-3-5-10(11)17/h9-11H,2-8,15H2,1H3. The molecule has 3 rings (SSSR count). The molecule has 0 saturated carbocycles. The highest BCUT2D eigenvalue weighted by molar-refractivity contribution is 5.92. The van der Waals surface area contributed by atoms with Crippen molar-refractivity contribution in [2.45, 2.75) is 44.7 Å². The molecule has 2 N–H and O–H groups in total. The summed E-state index contributed by atoms with van der Waals surface area (Å²) >= 11 is 0. The Labute approximate surface area is 118 Å². The van der Waals surface area contributed by atoms with Crippen LogP contribution in [0.1, 0.15) is 49.1 Å². The number of hydrogen-bond acceptors (Lipinski definition) is 5. The summed E-state index contributed by atoms with van der Waals surface area (Å²) in [6.07, 6.45) is 6.54. The van der Waals surface area contributed by atoms with Crippen molar-refractivity contribution in [2.24, 2.45) is 0 Å². The van der Waals surface area contributed by atoms with E-state index in [2.05, 4.69) is 9.88 Å². The Morgan fingerprint density at radius 2 is 2.25 bits per heavy atom. The van der Waals surface area contributed by atoms with E-state index in [4.69, 9.17) is 10.5 Å². The summed E-state index contributed by atoms with van der Waals surface area (Å²) in [4.78, 5) is 18.5. The quantitative estimate of drug-likeness (QED) is 0.847. The number of carbonyl (C=O) groups excluding carboxylic acids is 1. The Bertz CT molecular complexity index is 499. The zero-order valence-electron chi connectivity index (χ0n) is 11.9. The van der Waals surface area contributed by atoms with Crippen LogP contribution in [0.3, 0.4) is 0 Å². The second-order valence-corrected chi connectivity index (χ2v) is 5.56. The van der Waals surface area contributed by atoms with Gasteiger partial charge < -0.3 is 15.0 Å². The predicted molar refractivity (Wildman–Crippen MR) is 75.5 cm³/mol. The van der Waals surface area contributed by atoms with Crippen LogP contribution in [0, 0.1) is 0 Å². The third-order valence-electron chi connectivity index (χ3n) is 4.48. The van der Waals surface area contributed by atoms with Gasteiger partial charge in [-0.3, -0.25) is 4.90 Å². The van der Waals surface area contributed by atoms with Crippen LogP contribution in [0.25, 0.3) is 0 Å². The second kappa shape index (κ2) is 5.44. The summed E-state index contributed by atoms with van der Waals surface area (Å²) in [5.74, 6) is 0.0168. The summed E-state index contributed by atoms with van der Waals surface area (Å²) < 4.78 is 6.96. The molecule has 2 fully saturated rings. The van der Waals surface area contributed by atoms with E-state index in [9.17, 15) is 4.79 Å². The number of aromatic nitrogens is 2. The van der Waals surface area contributed by atoms with Crippen LogP contribution in [-0.2, 0) is 4.74 Å². The lowest BCUT2D eigenvalue weighted by molar-refractivity contribution is 0.0521. The average Bonchev–Trinajstić information content (AvgIpc) is 3.02. The van der Waals surface area contributed by atoms with E-state index >= 15 is 0 Å².